The number of rotatable bonds is 6. The van der Waals surface area contributed by atoms with Crippen molar-refractivity contribution in [3.8, 4) is 11.5 Å². The fourth-order valence-corrected chi connectivity index (χ4v) is 2.65. The van der Waals surface area contributed by atoms with Gasteiger partial charge in [0.25, 0.3) is 0 Å². The summed E-state index contributed by atoms with van der Waals surface area (Å²) in [5, 5.41) is 4.01. The fourth-order valence-electron chi connectivity index (χ4n) is 2.65. The number of H-pyrrole nitrogens is 1. The Morgan fingerprint density at radius 2 is 1.88 bits per heavy atom. The van der Waals surface area contributed by atoms with Gasteiger partial charge in [-0.3, -0.25) is 4.79 Å². The number of carbonyl (C=O) groups excluding carboxylic acids is 1. The molecule has 0 saturated heterocycles. The molecule has 5 nitrogen and oxygen atoms in total. The first-order valence-corrected chi connectivity index (χ1v) is 7.77. The molecule has 1 aromatic heterocycles. The lowest BCUT2D eigenvalue weighted by molar-refractivity contribution is -0.116. The second-order valence-electron chi connectivity index (χ2n) is 5.52. The number of hydrogen-bond donors (Lipinski definition) is 2. The molecule has 24 heavy (non-hydrogen) atoms. The third-order valence-corrected chi connectivity index (χ3v) is 3.93. The second kappa shape index (κ2) is 7.08. The lowest BCUT2D eigenvalue weighted by Crippen LogP contribution is -2.12. The fraction of sp³-hybridized carbons (Fsp3) is 0.211. The van der Waals surface area contributed by atoms with Crippen LogP contribution in [0.15, 0.2) is 48.7 Å². The molecule has 1 amide bonds. The van der Waals surface area contributed by atoms with Gasteiger partial charge in [0.05, 0.1) is 14.2 Å². The number of aromatic nitrogens is 1. The third kappa shape index (κ3) is 3.51. The Hall–Kier alpha value is -2.95. The van der Waals surface area contributed by atoms with Crippen LogP contribution in [0, 0.1) is 0 Å². The zero-order valence-electron chi connectivity index (χ0n) is 13.8. The van der Waals surface area contributed by atoms with Crippen LogP contribution >= 0.6 is 0 Å². The Labute approximate surface area is 140 Å². The average molecular weight is 324 g/mol. The highest BCUT2D eigenvalue weighted by Gasteiger charge is 2.08. The van der Waals surface area contributed by atoms with Gasteiger partial charge in [-0.2, -0.15) is 0 Å². The number of nitrogens with one attached hydrogen (secondary N) is 2. The molecule has 0 saturated carbocycles. The van der Waals surface area contributed by atoms with Crippen LogP contribution < -0.4 is 14.8 Å². The topological polar surface area (TPSA) is 63.3 Å². The summed E-state index contributed by atoms with van der Waals surface area (Å²) in [4.78, 5) is 15.3. The van der Waals surface area contributed by atoms with Crippen LogP contribution in [0.5, 0.6) is 11.5 Å². The van der Waals surface area contributed by atoms with E-state index in [0.717, 1.165) is 22.2 Å². The van der Waals surface area contributed by atoms with E-state index in [2.05, 4.69) is 10.3 Å². The molecule has 2 aromatic carbocycles. The van der Waals surface area contributed by atoms with Gasteiger partial charge in [0.2, 0.25) is 5.91 Å². The maximum absolute atomic E-state index is 12.2. The lowest BCUT2D eigenvalue weighted by Gasteiger charge is -2.10. The number of fused-ring (bicyclic) bond motifs is 1. The summed E-state index contributed by atoms with van der Waals surface area (Å²) in [7, 11) is 3.21. The van der Waals surface area contributed by atoms with Crippen molar-refractivity contribution in [1.29, 1.82) is 0 Å². The number of methoxy groups -OCH3 is 2. The van der Waals surface area contributed by atoms with Gasteiger partial charge in [-0.1, -0.05) is 6.07 Å². The predicted molar refractivity (Wildman–Crippen MR) is 94.8 cm³/mol. The first-order valence-electron chi connectivity index (χ1n) is 7.77. The Balaban J connectivity index is 1.60. The molecular formula is C19H20N2O3. The Bertz CT molecular complexity index is 855. The van der Waals surface area contributed by atoms with Gasteiger partial charge in [-0.25, -0.2) is 0 Å². The Morgan fingerprint density at radius 1 is 1.04 bits per heavy atom. The van der Waals surface area contributed by atoms with Gasteiger partial charge >= 0.3 is 0 Å². The zero-order valence-corrected chi connectivity index (χ0v) is 13.8. The first kappa shape index (κ1) is 15.9. The van der Waals surface area contributed by atoms with Crippen LogP contribution in [0.3, 0.4) is 0 Å². The van der Waals surface area contributed by atoms with Crippen molar-refractivity contribution in [3.05, 3.63) is 54.2 Å². The van der Waals surface area contributed by atoms with Crippen molar-refractivity contribution in [2.24, 2.45) is 0 Å². The monoisotopic (exact) mass is 324 g/mol. The molecule has 3 aromatic rings. The standard InChI is InChI=1S/C19H20N2O3/c1-23-17-7-3-13(11-18(17)24-2)4-8-19(22)21-15-5-6-16-14(12-15)9-10-20-16/h3,5-7,9-12,20H,4,8H2,1-2H3,(H,21,22). The summed E-state index contributed by atoms with van der Waals surface area (Å²) in [5.74, 6) is 1.35. The predicted octanol–water partition coefficient (Wildman–Crippen LogP) is 3.76. The molecule has 5 heteroatoms. The summed E-state index contributed by atoms with van der Waals surface area (Å²) < 4.78 is 10.5. The van der Waals surface area contributed by atoms with Crippen LogP contribution in [0.1, 0.15) is 12.0 Å². The molecule has 0 aliphatic carbocycles. The molecule has 0 unspecified atom stereocenters. The summed E-state index contributed by atoms with van der Waals surface area (Å²) in [6, 6.07) is 13.5. The number of amides is 1. The van der Waals surface area contributed by atoms with Crippen LogP contribution in [-0.2, 0) is 11.2 Å². The largest absolute Gasteiger partial charge is 0.493 e. The van der Waals surface area contributed by atoms with Crippen LogP contribution in [-0.4, -0.2) is 25.1 Å². The molecule has 0 fully saturated rings. The molecular weight excluding hydrogens is 304 g/mol. The van der Waals surface area contributed by atoms with E-state index >= 15 is 0 Å². The van der Waals surface area contributed by atoms with Gasteiger partial charge in [0, 0.05) is 29.2 Å². The highest BCUT2D eigenvalue weighted by atomic mass is 16.5. The summed E-state index contributed by atoms with van der Waals surface area (Å²) in [5.41, 5.74) is 2.89. The van der Waals surface area contributed by atoms with Crippen LogP contribution in [0.4, 0.5) is 5.69 Å². The molecule has 3 rings (SSSR count). The normalized spacial score (nSPS) is 10.6. The minimum absolute atomic E-state index is 0.0142. The van der Waals surface area contributed by atoms with Crippen LogP contribution in [0.2, 0.25) is 0 Å². The molecule has 1 heterocycles. The van der Waals surface area contributed by atoms with E-state index in [1.54, 1.807) is 14.2 Å². The highest BCUT2D eigenvalue weighted by Crippen LogP contribution is 2.28. The van der Waals surface area contributed by atoms with Crippen molar-refractivity contribution in [1.82, 2.24) is 4.98 Å². The van der Waals surface area contributed by atoms with Gasteiger partial charge < -0.3 is 19.8 Å². The zero-order chi connectivity index (χ0) is 16.9. The van der Waals surface area contributed by atoms with Gasteiger partial charge in [-0.05, 0) is 48.4 Å². The third-order valence-electron chi connectivity index (χ3n) is 3.93. The van der Waals surface area contributed by atoms with E-state index in [1.165, 1.54) is 0 Å². The Morgan fingerprint density at radius 3 is 2.67 bits per heavy atom. The minimum Gasteiger partial charge on any atom is -0.493 e. The highest BCUT2D eigenvalue weighted by molar-refractivity contribution is 5.93. The maximum Gasteiger partial charge on any atom is 0.224 e. The number of aromatic amines is 1. The number of anilines is 1. The second-order valence-corrected chi connectivity index (χ2v) is 5.52. The smallest absolute Gasteiger partial charge is 0.224 e. The van der Waals surface area contributed by atoms with Crippen molar-refractivity contribution in [2.45, 2.75) is 12.8 Å². The SMILES string of the molecule is COc1ccc(CCC(=O)Nc2ccc3[nH]ccc3c2)cc1OC. The van der Waals surface area contributed by atoms with E-state index in [0.29, 0.717) is 24.3 Å². The number of aryl methyl sites for hydroxylation is 1. The number of hydrogen-bond acceptors (Lipinski definition) is 3. The van der Waals surface area contributed by atoms with E-state index in [9.17, 15) is 4.79 Å². The summed E-state index contributed by atoms with van der Waals surface area (Å²) >= 11 is 0. The Kier molecular flexibility index (Phi) is 4.70. The molecule has 0 atom stereocenters. The van der Waals surface area contributed by atoms with E-state index < -0.39 is 0 Å². The van der Waals surface area contributed by atoms with E-state index in [-0.39, 0.29) is 5.91 Å². The van der Waals surface area contributed by atoms with E-state index in [1.807, 2.05) is 48.7 Å². The van der Waals surface area contributed by atoms with Gasteiger partial charge in [0.1, 0.15) is 0 Å². The molecule has 124 valence electrons. The molecule has 0 bridgehead atoms. The first-order chi connectivity index (χ1) is 11.7. The molecule has 0 radical (unpaired) electrons. The quantitative estimate of drug-likeness (QED) is 0.726. The van der Waals surface area contributed by atoms with E-state index in [4.69, 9.17) is 9.47 Å². The molecule has 0 aliphatic heterocycles. The molecule has 2 N–H and O–H groups in total. The average Bonchev–Trinajstić information content (AvgIpc) is 3.07. The molecule has 0 spiro atoms. The molecule has 0 aliphatic rings. The van der Waals surface area contributed by atoms with Gasteiger partial charge in [0.15, 0.2) is 11.5 Å². The van der Waals surface area contributed by atoms with Crippen molar-refractivity contribution >= 4 is 22.5 Å². The van der Waals surface area contributed by atoms with Crippen LogP contribution in [0.25, 0.3) is 10.9 Å². The maximum atomic E-state index is 12.2. The minimum atomic E-state index is -0.0142. The summed E-state index contributed by atoms with van der Waals surface area (Å²) in [6.45, 7) is 0. The number of carbonyl (C=O) groups is 1. The van der Waals surface area contributed by atoms with Crippen molar-refractivity contribution in [2.75, 3.05) is 19.5 Å². The lowest BCUT2D eigenvalue weighted by atomic mass is 10.1. The van der Waals surface area contributed by atoms with Gasteiger partial charge in [-0.15, -0.1) is 0 Å². The number of ether oxygens (including phenoxy) is 2. The van der Waals surface area contributed by atoms with Crippen molar-refractivity contribution in [3.63, 3.8) is 0 Å². The number of benzene rings is 2. The van der Waals surface area contributed by atoms with Crippen molar-refractivity contribution < 1.29 is 14.3 Å². The summed E-state index contributed by atoms with van der Waals surface area (Å²) in [6.07, 6.45) is 2.92.